The standard InChI is InChI=1S/C23H30BN5O5S/c1-13(30)17-6-2-5-15-8-16(24(33)34-21(15)17)9-19(31)20(18-12-35-22(26)27-18)28-23(32)29-7-3-4-14(10-25)11-29/h2,5-6,12,14,16,20,33H,3-4,7-11,25H2,1H3,(H2,26,27)(H,28,32)/t14?,16-,20?/m1/s1. The van der Waals surface area contributed by atoms with Gasteiger partial charge in [0.15, 0.2) is 16.7 Å². The van der Waals surface area contributed by atoms with Gasteiger partial charge >= 0.3 is 13.1 Å². The zero-order valence-electron chi connectivity index (χ0n) is 19.6. The number of thiazole rings is 1. The lowest BCUT2D eigenvalue weighted by Gasteiger charge is -2.33. The number of Topliss-reactive ketones (excluding diaryl/α,β-unsaturated/α-hetero) is 2. The first-order chi connectivity index (χ1) is 16.8. The van der Waals surface area contributed by atoms with Crippen LogP contribution in [0.15, 0.2) is 23.6 Å². The monoisotopic (exact) mass is 499 g/mol. The highest BCUT2D eigenvalue weighted by atomic mass is 32.1. The molecule has 2 aliphatic rings. The first kappa shape index (κ1) is 25.1. The fourth-order valence-corrected chi connectivity index (χ4v) is 5.31. The van der Waals surface area contributed by atoms with Crippen molar-refractivity contribution in [2.45, 2.75) is 44.5 Å². The molecule has 3 heterocycles. The van der Waals surface area contributed by atoms with Crippen LogP contribution in [0.2, 0.25) is 5.82 Å². The molecule has 2 aromatic rings. The summed E-state index contributed by atoms with van der Waals surface area (Å²) in [5.41, 5.74) is 13.1. The van der Waals surface area contributed by atoms with Gasteiger partial charge in [0.25, 0.3) is 0 Å². The number of nitrogens with one attached hydrogen (secondary N) is 1. The maximum absolute atomic E-state index is 13.4. The smallest absolute Gasteiger partial charge is 0.526 e. The van der Waals surface area contributed by atoms with E-state index < -0.39 is 19.0 Å². The van der Waals surface area contributed by atoms with Crippen LogP contribution in [0, 0.1) is 5.92 Å². The number of rotatable bonds is 7. The number of amides is 2. The minimum Gasteiger partial charge on any atom is -0.535 e. The van der Waals surface area contributed by atoms with E-state index in [1.54, 1.807) is 22.4 Å². The lowest BCUT2D eigenvalue weighted by molar-refractivity contribution is -0.121. The highest BCUT2D eigenvalue weighted by Crippen LogP contribution is 2.37. The molecule has 10 nitrogen and oxygen atoms in total. The van der Waals surface area contributed by atoms with Gasteiger partial charge in [0.1, 0.15) is 11.8 Å². The second-order valence-electron chi connectivity index (χ2n) is 9.18. The molecule has 2 amide bonds. The van der Waals surface area contributed by atoms with Crippen LogP contribution in [-0.4, -0.2) is 59.3 Å². The molecule has 35 heavy (non-hydrogen) atoms. The maximum atomic E-state index is 13.4. The van der Waals surface area contributed by atoms with Crippen molar-refractivity contribution in [3.05, 3.63) is 40.4 Å². The van der Waals surface area contributed by atoms with Crippen molar-refractivity contribution < 1.29 is 24.1 Å². The lowest BCUT2D eigenvalue weighted by atomic mass is 9.64. The Bertz CT molecular complexity index is 1110. The Balaban J connectivity index is 1.50. The number of piperidine rings is 1. The third-order valence-electron chi connectivity index (χ3n) is 6.63. The van der Waals surface area contributed by atoms with Crippen LogP contribution in [0.1, 0.15) is 53.8 Å². The molecule has 1 aromatic carbocycles. The second kappa shape index (κ2) is 10.8. The number of aromatic nitrogens is 1. The van der Waals surface area contributed by atoms with Gasteiger partial charge in [-0.2, -0.15) is 0 Å². The molecule has 0 spiro atoms. The number of hydrogen-bond acceptors (Lipinski definition) is 9. The quantitative estimate of drug-likeness (QED) is 0.331. The summed E-state index contributed by atoms with van der Waals surface area (Å²) in [6.07, 6.45) is 2.12. The Morgan fingerprint density at radius 2 is 2.20 bits per heavy atom. The molecular weight excluding hydrogens is 469 g/mol. The van der Waals surface area contributed by atoms with Crippen molar-refractivity contribution in [2.75, 3.05) is 25.4 Å². The zero-order valence-corrected chi connectivity index (χ0v) is 20.4. The minimum absolute atomic E-state index is 0.0568. The number of ketones is 2. The topological polar surface area (TPSA) is 161 Å². The van der Waals surface area contributed by atoms with Gasteiger partial charge in [-0.3, -0.25) is 9.59 Å². The first-order valence-electron chi connectivity index (χ1n) is 11.7. The van der Waals surface area contributed by atoms with Crippen LogP contribution in [0.4, 0.5) is 9.93 Å². The van der Waals surface area contributed by atoms with Gasteiger partial charge in [-0.15, -0.1) is 11.3 Å². The lowest BCUT2D eigenvalue weighted by Crippen LogP contribution is -2.49. The largest absolute Gasteiger partial charge is 0.535 e. The number of urea groups is 1. The van der Waals surface area contributed by atoms with Crippen LogP contribution < -0.4 is 21.4 Å². The van der Waals surface area contributed by atoms with E-state index in [1.165, 1.54) is 18.3 Å². The molecule has 12 heteroatoms. The van der Waals surface area contributed by atoms with Crippen molar-refractivity contribution in [1.29, 1.82) is 0 Å². The van der Waals surface area contributed by atoms with Crippen molar-refractivity contribution in [2.24, 2.45) is 11.7 Å². The van der Waals surface area contributed by atoms with Crippen molar-refractivity contribution >= 4 is 41.2 Å². The number of nitrogens with two attached hydrogens (primary N) is 2. The number of carbonyl (C=O) groups is 3. The SMILES string of the molecule is CC(=O)c1cccc2c1OB(O)[C@@H](CC(=O)C(NC(=O)N1CCCC(CN)C1)c1csc(N)n1)C2. The number of hydrogen-bond donors (Lipinski definition) is 4. The minimum atomic E-state index is -1.27. The van der Waals surface area contributed by atoms with Gasteiger partial charge in [0, 0.05) is 30.7 Å². The molecule has 3 atom stereocenters. The Morgan fingerprint density at radius 3 is 2.89 bits per heavy atom. The Labute approximate surface area is 208 Å². The van der Waals surface area contributed by atoms with Crippen LogP contribution in [0.3, 0.4) is 0 Å². The van der Waals surface area contributed by atoms with Gasteiger partial charge < -0.3 is 31.4 Å². The summed E-state index contributed by atoms with van der Waals surface area (Å²) in [7, 11) is -1.27. The van der Waals surface area contributed by atoms with Crippen LogP contribution >= 0.6 is 11.3 Å². The van der Waals surface area contributed by atoms with Gasteiger partial charge in [-0.25, -0.2) is 9.78 Å². The summed E-state index contributed by atoms with van der Waals surface area (Å²) < 4.78 is 5.67. The van der Waals surface area contributed by atoms with Crippen LogP contribution in [0.25, 0.3) is 0 Å². The van der Waals surface area contributed by atoms with Gasteiger partial charge in [-0.05, 0) is 50.3 Å². The van der Waals surface area contributed by atoms with E-state index in [-0.39, 0.29) is 29.9 Å². The summed E-state index contributed by atoms with van der Waals surface area (Å²) in [5.74, 6) is -0.443. The number of anilines is 1. The molecule has 2 unspecified atom stereocenters. The molecular formula is C23H30BN5O5S. The second-order valence-corrected chi connectivity index (χ2v) is 10.1. The molecule has 0 aliphatic carbocycles. The van der Waals surface area contributed by atoms with E-state index in [9.17, 15) is 19.4 Å². The third-order valence-corrected chi connectivity index (χ3v) is 7.32. The molecule has 0 radical (unpaired) electrons. The average Bonchev–Trinajstić information content (AvgIpc) is 3.28. The summed E-state index contributed by atoms with van der Waals surface area (Å²) in [4.78, 5) is 44.3. The molecule has 1 saturated heterocycles. The Hall–Kier alpha value is -2.96. The molecule has 1 aromatic heterocycles. The molecule has 186 valence electrons. The van der Waals surface area contributed by atoms with Crippen LogP contribution in [-0.2, 0) is 11.2 Å². The van der Waals surface area contributed by atoms with Crippen LogP contribution in [0.5, 0.6) is 5.75 Å². The Morgan fingerprint density at radius 1 is 1.40 bits per heavy atom. The summed E-state index contributed by atoms with van der Waals surface area (Å²) in [6, 6.07) is 3.85. The maximum Gasteiger partial charge on any atom is 0.526 e. The number of benzene rings is 1. The highest BCUT2D eigenvalue weighted by molar-refractivity contribution is 7.13. The summed E-state index contributed by atoms with van der Waals surface area (Å²) >= 11 is 1.19. The molecule has 2 aliphatic heterocycles. The van der Waals surface area contributed by atoms with Gasteiger partial charge in [-0.1, -0.05) is 12.1 Å². The van der Waals surface area contributed by atoms with Gasteiger partial charge in [0.2, 0.25) is 0 Å². The van der Waals surface area contributed by atoms with E-state index in [0.717, 1.165) is 18.4 Å². The van der Waals surface area contributed by atoms with E-state index >= 15 is 0 Å². The number of para-hydroxylation sites is 1. The first-order valence-corrected chi connectivity index (χ1v) is 12.6. The summed E-state index contributed by atoms with van der Waals surface area (Å²) in [6.45, 7) is 3.06. The number of nitrogens with zero attached hydrogens (tertiary/aromatic N) is 2. The van der Waals surface area contributed by atoms with E-state index in [4.69, 9.17) is 16.1 Å². The predicted molar refractivity (Wildman–Crippen MR) is 133 cm³/mol. The van der Waals surface area contributed by atoms with E-state index in [2.05, 4.69) is 10.3 Å². The Kier molecular flexibility index (Phi) is 7.73. The molecule has 0 bridgehead atoms. The molecule has 6 N–H and O–H groups in total. The summed E-state index contributed by atoms with van der Waals surface area (Å²) in [5, 5.41) is 15.4. The predicted octanol–water partition coefficient (Wildman–Crippen LogP) is 1.79. The molecule has 1 fully saturated rings. The molecule has 4 rings (SSSR count). The van der Waals surface area contributed by atoms with Crippen molar-refractivity contribution in [1.82, 2.24) is 15.2 Å². The van der Waals surface area contributed by atoms with Gasteiger partial charge in [0.05, 0.1) is 11.3 Å². The third kappa shape index (κ3) is 5.66. The normalized spacial score (nSPS) is 20.5. The van der Waals surface area contributed by atoms with E-state index in [1.807, 2.05) is 6.07 Å². The highest BCUT2D eigenvalue weighted by Gasteiger charge is 2.39. The number of likely N-dealkylation sites (tertiary alicyclic amines) is 1. The van der Waals surface area contributed by atoms with Crippen molar-refractivity contribution in [3.63, 3.8) is 0 Å². The number of nitrogen functional groups attached to an aromatic ring is 1. The average molecular weight is 499 g/mol. The fourth-order valence-electron chi connectivity index (χ4n) is 4.72. The number of fused-ring (bicyclic) bond motifs is 1. The molecule has 0 saturated carbocycles. The number of carbonyl (C=O) groups excluding carboxylic acids is 3. The zero-order chi connectivity index (χ0) is 25.1. The fraction of sp³-hybridized carbons (Fsp3) is 0.478. The van der Waals surface area contributed by atoms with Crippen molar-refractivity contribution in [3.8, 4) is 5.75 Å². The van der Waals surface area contributed by atoms with E-state index in [0.29, 0.717) is 48.2 Å².